The molecule has 0 atom stereocenters. The van der Waals surface area contributed by atoms with Gasteiger partial charge in [-0.3, -0.25) is 19.6 Å². The molecule has 12 nitrogen and oxygen atoms in total. The zero-order chi connectivity index (χ0) is 76.0. The van der Waals surface area contributed by atoms with Crippen LogP contribution in [0.15, 0.2) is 134 Å². The Kier molecular flexibility index (Phi) is 16.1. The van der Waals surface area contributed by atoms with Crippen molar-refractivity contribution in [1.29, 1.82) is 0 Å². The molecule has 12 aromatic rings. The second-order valence-electron chi connectivity index (χ2n) is 38.0. The number of rotatable bonds is 4. The average molecular weight is 1400 g/mol. The van der Waals surface area contributed by atoms with Crippen molar-refractivity contribution in [3.8, 4) is 67.3 Å². The second kappa shape index (κ2) is 24.0. The third-order valence-corrected chi connectivity index (χ3v) is 21.6. The molecule has 12 heteroatoms. The fourth-order valence-corrected chi connectivity index (χ4v) is 14.9. The number of carbonyl (C=O) groups excluding carboxylic acids is 2. The highest BCUT2D eigenvalue weighted by atomic mass is 16.1. The lowest BCUT2D eigenvalue weighted by atomic mass is 9.78. The second-order valence-corrected chi connectivity index (χ2v) is 38.0. The first-order chi connectivity index (χ1) is 49.4. The molecule has 3 aliphatic rings. The molecule has 15 rings (SSSR count). The molecule has 5 aromatic carbocycles. The summed E-state index contributed by atoms with van der Waals surface area (Å²) in [5.74, 6) is -1.16. The molecule has 7 aromatic heterocycles. The van der Waals surface area contributed by atoms with E-state index in [2.05, 4.69) is 285 Å². The molecule has 0 saturated carbocycles. The molecule has 0 spiro atoms. The summed E-state index contributed by atoms with van der Waals surface area (Å²) in [4.78, 5) is 83.6. The number of ketones is 2. The van der Waals surface area contributed by atoms with E-state index in [1.807, 2.05) is 24.3 Å². The Morgan fingerprint density at radius 3 is 0.774 bits per heavy atom. The first-order valence-corrected chi connectivity index (χ1v) is 37.4. The Labute approximate surface area is 623 Å². The van der Waals surface area contributed by atoms with E-state index >= 15 is 9.59 Å². The molecule has 0 unspecified atom stereocenters. The molecule has 9 heterocycles. The number of aromatic nitrogens is 10. The molecule has 536 valence electrons. The third kappa shape index (κ3) is 12.4. The van der Waals surface area contributed by atoms with Gasteiger partial charge in [0.15, 0.2) is 0 Å². The van der Waals surface area contributed by atoms with Crippen LogP contribution in [0.25, 0.3) is 134 Å². The lowest BCUT2D eigenvalue weighted by Gasteiger charge is -2.26. The van der Waals surface area contributed by atoms with Gasteiger partial charge in [0.25, 0.3) is 0 Å². The summed E-state index contributed by atoms with van der Waals surface area (Å²) in [7, 11) is 0. The monoisotopic (exact) mass is 1400 g/mol. The Morgan fingerprint density at radius 1 is 0.255 bits per heavy atom. The minimum Gasteiger partial charge on any atom is -0.354 e. The zero-order valence-electron chi connectivity index (χ0n) is 66.3. The van der Waals surface area contributed by atoms with Gasteiger partial charge in [-0.25, -0.2) is 29.9 Å². The van der Waals surface area contributed by atoms with Crippen molar-refractivity contribution in [3.63, 3.8) is 0 Å². The standard InChI is InChI=1S/C94H98N10O2/c1-87(2,3)53-37-49(38-54(45-53)88(4,5)6)69-63-29-30-64(97-63)70(50-39-55(89(7,8)9)46-56(40-50)90(10,11)12)66-32-34-68(99-66)72(52-43-59(93(19,20)21)48-60(44-52)94(22,23)24)78-80-79(77(102-78)71(67-33-31-65(69)98-67)51-41-57(91(13,14)15)47-58(42-51)92(16,17)18)103-83-84(104-80)86(106)82-81(85(83)105)100-75-61-27-25-35-95-73(61)74-62(76(75)101-82)28-26-36-96-74/h25-48,98-99H,1-24H3. The van der Waals surface area contributed by atoms with Gasteiger partial charge in [-0.15, -0.1) is 0 Å². The first-order valence-electron chi connectivity index (χ1n) is 37.4. The normalized spacial score (nSPS) is 13.8. The molecule has 0 radical (unpaired) electrons. The number of hydrogen-bond acceptors (Lipinski definition) is 10. The van der Waals surface area contributed by atoms with Crippen LogP contribution in [-0.2, 0) is 43.3 Å². The predicted molar refractivity (Wildman–Crippen MR) is 438 cm³/mol. The molecule has 8 bridgehead atoms. The zero-order valence-corrected chi connectivity index (χ0v) is 66.3. The van der Waals surface area contributed by atoms with Crippen LogP contribution < -0.4 is 0 Å². The first kappa shape index (κ1) is 71.2. The molecule has 0 amide bonds. The highest BCUT2D eigenvalue weighted by molar-refractivity contribution is 6.28. The maximum atomic E-state index is 16.1. The maximum absolute atomic E-state index is 16.1. The lowest BCUT2D eigenvalue weighted by molar-refractivity contribution is 0.0965. The van der Waals surface area contributed by atoms with Gasteiger partial charge in [0.2, 0.25) is 11.6 Å². The predicted octanol–water partition coefficient (Wildman–Crippen LogP) is 23.5. The minimum atomic E-state index is -0.580. The van der Waals surface area contributed by atoms with Gasteiger partial charge in [0.1, 0.15) is 45.6 Å². The van der Waals surface area contributed by atoms with Crippen molar-refractivity contribution < 1.29 is 9.59 Å². The Hall–Kier alpha value is -10.5. The fraction of sp³-hybridized carbons (Fsp3) is 0.340. The number of nitrogens with zero attached hydrogens (tertiary/aromatic N) is 8. The van der Waals surface area contributed by atoms with Gasteiger partial charge in [-0.2, -0.15) is 0 Å². The van der Waals surface area contributed by atoms with E-state index < -0.39 is 11.6 Å². The number of aromatic amines is 2. The van der Waals surface area contributed by atoms with Crippen molar-refractivity contribution in [1.82, 2.24) is 49.8 Å². The summed E-state index contributed by atoms with van der Waals surface area (Å²) >= 11 is 0. The molecular weight excluding hydrogens is 1300 g/mol. The molecule has 1 aliphatic carbocycles. The van der Waals surface area contributed by atoms with E-state index in [1.54, 1.807) is 12.4 Å². The number of pyridine rings is 2. The fourth-order valence-electron chi connectivity index (χ4n) is 14.9. The number of H-pyrrole nitrogens is 2. The minimum absolute atomic E-state index is 0.114. The summed E-state index contributed by atoms with van der Waals surface area (Å²) in [6, 6.07) is 44.1. The molecular formula is C94H98N10O2. The molecule has 2 N–H and O–H groups in total. The largest absolute Gasteiger partial charge is 0.354 e. The van der Waals surface area contributed by atoms with Crippen LogP contribution in [-0.4, -0.2) is 61.4 Å². The number of benzene rings is 5. The number of hydrogen-bond donors (Lipinski definition) is 2. The Balaban J connectivity index is 1.18. The van der Waals surface area contributed by atoms with Gasteiger partial charge in [0.05, 0.1) is 33.5 Å². The number of nitrogens with one attached hydrogen (secondary N) is 2. The molecule has 0 saturated heterocycles. The maximum Gasteiger partial charge on any atom is 0.234 e. The van der Waals surface area contributed by atoms with E-state index in [-0.39, 0.29) is 66.1 Å². The van der Waals surface area contributed by atoms with Crippen molar-refractivity contribution in [3.05, 3.63) is 212 Å². The van der Waals surface area contributed by atoms with Crippen LogP contribution in [0.5, 0.6) is 0 Å². The average Bonchev–Trinajstić information content (AvgIpc) is 1.35. The molecule has 0 fully saturated rings. The third-order valence-electron chi connectivity index (χ3n) is 21.6. The van der Waals surface area contributed by atoms with Crippen molar-refractivity contribution in [2.75, 3.05) is 0 Å². The van der Waals surface area contributed by atoms with Crippen LogP contribution >= 0.6 is 0 Å². The Morgan fingerprint density at radius 2 is 0.500 bits per heavy atom. The molecule has 2 aliphatic heterocycles. The van der Waals surface area contributed by atoms with Gasteiger partial charge in [-0.05, 0) is 171 Å². The quantitative estimate of drug-likeness (QED) is 0.162. The highest BCUT2D eigenvalue weighted by Gasteiger charge is 2.41. The van der Waals surface area contributed by atoms with E-state index in [4.69, 9.17) is 39.9 Å². The van der Waals surface area contributed by atoms with Gasteiger partial charge < -0.3 is 9.97 Å². The van der Waals surface area contributed by atoms with Crippen molar-refractivity contribution in [2.45, 2.75) is 209 Å². The number of fused-ring (bicyclic) bond motifs is 19. The van der Waals surface area contributed by atoms with Crippen LogP contribution in [0, 0.1) is 0 Å². The summed E-state index contributed by atoms with van der Waals surface area (Å²) in [6.07, 6.45) is 7.82. The lowest BCUT2D eigenvalue weighted by Crippen LogP contribution is -2.27. The van der Waals surface area contributed by atoms with Crippen LogP contribution in [0.4, 0.5) is 0 Å². The van der Waals surface area contributed by atoms with E-state index in [0.29, 0.717) is 55.6 Å². The van der Waals surface area contributed by atoms with Gasteiger partial charge in [0, 0.05) is 67.5 Å². The van der Waals surface area contributed by atoms with Crippen LogP contribution in [0.1, 0.15) is 254 Å². The smallest absolute Gasteiger partial charge is 0.234 e. The topological polar surface area (TPSA) is 169 Å². The summed E-state index contributed by atoms with van der Waals surface area (Å²) < 4.78 is 0. The summed E-state index contributed by atoms with van der Waals surface area (Å²) in [5.41, 5.74) is 22.2. The van der Waals surface area contributed by atoms with E-state index in [1.165, 1.54) is 22.3 Å². The highest BCUT2D eigenvalue weighted by Crippen LogP contribution is 2.50. The van der Waals surface area contributed by atoms with Gasteiger partial charge in [-0.1, -0.05) is 239 Å². The summed E-state index contributed by atoms with van der Waals surface area (Å²) in [6.45, 7) is 54.4. The summed E-state index contributed by atoms with van der Waals surface area (Å²) in [5, 5.41) is 1.30. The van der Waals surface area contributed by atoms with Crippen molar-refractivity contribution >= 4 is 78.6 Å². The van der Waals surface area contributed by atoms with Gasteiger partial charge >= 0.3 is 0 Å². The Bertz CT molecular complexity index is 5530. The van der Waals surface area contributed by atoms with E-state index in [0.717, 1.165) is 100 Å². The number of carbonyl (C=O) groups is 2. The van der Waals surface area contributed by atoms with Crippen LogP contribution in [0.3, 0.4) is 0 Å². The van der Waals surface area contributed by atoms with Crippen molar-refractivity contribution in [2.24, 2.45) is 0 Å². The van der Waals surface area contributed by atoms with E-state index in [9.17, 15) is 0 Å². The molecule has 106 heavy (non-hydrogen) atoms. The SMILES string of the molecule is CC(C)(C)c1cc(-c2c3nc(c(-c4cc(C(C)(C)C)cc(C(C)(C)C)c4)c4ccc([nH]4)c(-c4cc(C(C)(C)C)cc(C(C)(C)C)c4)c4nc(c(-c5cc(C(C)(C)C)cc(C(C)(C)C)c5)c5ccc2[nH]5)-c2nc5c(nc2-4)C(=O)c2nc4c6cccnc6c6ncccc6c4nc2C5=O)C=C3)cc(C(C)(C)C)c1. The van der Waals surface area contributed by atoms with Crippen LogP contribution in [0.2, 0.25) is 0 Å².